The number of fused-ring (bicyclic) bond motifs is 1. The minimum absolute atomic E-state index is 0.102. The monoisotopic (exact) mass is 295 g/mol. The van der Waals surface area contributed by atoms with E-state index in [4.69, 9.17) is 0 Å². The van der Waals surface area contributed by atoms with Crippen molar-refractivity contribution in [2.75, 3.05) is 5.32 Å². The summed E-state index contributed by atoms with van der Waals surface area (Å²) < 4.78 is 0. The predicted molar refractivity (Wildman–Crippen MR) is 74.5 cm³/mol. The van der Waals surface area contributed by atoms with Crippen molar-refractivity contribution in [3.05, 3.63) is 29.3 Å². The molecule has 1 aliphatic rings. The maximum absolute atomic E-state index is 11.3. The van der Waals surface area contributed by atoms with Crippen molar-refractivity contribution in [2.45, 2.75) is 37.9 Å². The van der Waals surface area contributed by atoms with Crippen LogP contribution in [0.5, 0.6) is 0 Å². The van der Waals surface area contributed by atoms with E-state index in [2.05, 4.69) is 47.2 Å². The Balaban J connectivity index is 2.12. The highest BCUT2D eigenvalue weighted by Gasteiger charge is 2.19. The highest BCUT2D eigenvalue weighted by Crippen LogP contribution is 2.34. The second-order valence-electron chi connectivity index (χ2n) is 4.86. The molecular weight excluding hydrogens is 278 g/mol. The first-order valence-corrected chi connectivity index (χ1v) is 7.08. The fraction of sp³-hybridized carbons (Fsp3) is 0.500. The van der Waals surface area contributed by atoms with Crippen molar-refractivity contribution in [2.24, 2.45) is 5.92 Å². The first-order chi connectivity index (χ1) is 8.10. The lowest BCUT2D eigenvalue weighted by Gasteiger charge is -2.15. The lowest BCUT2D eigenvalue weighted by atomic mass is 9.97. The minimum Gasteiger partial charge on any atom is -0.326 e. The first kappa shape index (κ1) is 12.6. The number of alkyl halides is 1. The van der Waals surface area contributed by atoms with Crippen LogP contribution in [0.15, 0.2) is 18.2 Å². The minimum atomic E-state index is 0.102. The zero-order chi connectivity index (χ0) is 12.4. The molecule has 0 fully saturated rings. The van der Waals surface area contributed by atoms with Crippen molar-refractivity contribution >= 4 is 27.5 Å². The van der Waals surface area contributed by atoms with Gasteiger partial charge in [-0.25, -0.2) is 0 Å². The van der Waals surface area contributed by atoms with Crippen LogP contribution in [0.1, 0.15) is 42.6 Å². The van der Waals surface area contributed by atoms with E-state index in [1.54, 1.807) is 0 Å². The first-order valence-electron chi connectivity index (χ1n) is 6.17. The summed E-state index contributed by atoms with van der Waals surface area (Å²) in [5.41, 5.74) is 3.38. The number of carbonyl (C=O) groups excluding carboxylic acids is 1. The van der Waals surface area contributed by atoms with Gasteiger partial charge in [-0.3, -0.25) is 4.79 Å². The molecule has 0 saturated carbocycles. The van der Waals surface area contributed by atoms with Crippen LogP contribution < -0.4 is 5.32 Å². The molecule has 0 aliphatic carbocycles. The maximum atomic E-state index is 11.3. The van der Waals surface area contributed by atoms with E-state index in [1.165, 1.54) is 12.0 Å². The maximum Gasteiger partial charge on any atom is 0.228 e. The Labute approximate surface area is 111 Å². The molecule has 1 aliphatic heterocycles. The van der Waals surface area contributed by atoms with Crippen molar-refractivity contribution in [1.29, 1.82) is 0 Å². The Hall–Kier alpha value is -0.830. The van der Waals surface area contributed by atoms with Crippen LogP contribution in [0.4, 0.5) is 5.69 Å². The van der Waals surface area contributed by atoms with Crippen molar-refractivity contribution in [3.8, 4) is 0 Å². The molecule has 3 heteroatoms. The van der Waals surface area contributed by atoms with Crippen molar-refractivity contribution in [3.63, 3.8) is 0 Å². The Kier molecular flexibility index (Phi) is 3.87. The number of amides is 1. The molecule has 1 aromatic carbocycles. The normalized spacial score (nSPS) is 17.5. The number of benzene rings is 1. The summed E-state index contributed by atoms with van der Waals surface area (Å²) in [4.78, 5) is 11.7. The molecule has 1 aromatic rings. The van der Waals surface area contributed by atoms with Gasteiger partial charge in [-0.15, -0.1) is 0 Å². The summed E-state index contributed by atoms with van der Waals surface area (Å²) in [6.45, 7) is 4.49. The third-order valence-corrected chi connectivity index (χ3v) is 4.32. The number of carbonyl (C=O) groups is 1. The van der Waals surface area contributed by atoms with Crippen LogP contribution in [0.25, 0.3) is 0 Å². The fourth-order valence-corrected chi connectivity index (χ4v) is 3.02. The van der Waals surface area contributed by atoms with Crippen LogP contribution in [-0.2, 0) is 11.2 Å². The van der Waals surface area contributed by atoms with Crippen LogP contribution >= 0.6 is 15.9 Å². The van der Waals surface area contributed by atoms with Gasteiger partial charge >= 0.3 is 0 Å². The summed E-state index contributed by atoms with van der Waals surface area (Å²) in [5, 5.41) is 2.86. The van der Waals surface area contributed by atoms with Gasteiger partial charge in [0.15, 0.2) is 0 Å². The third kappa shape index (κ3) is 2.89. The molecule has 2 rings (SSSR count). The molecule has 0 spiro atoms. The molecule has 1 heterocycles. The van der Waals surface area contributed by atoms with Crippen molar-refractivity contribution < 1.29 is 4.79 Å². The third-order valence-electron chi connectivity index (χ3n) is 3.42. The highest BCUT2D eigenvalue weighted by atomic mass is 79.9. The van der Waals surface area contributed by atoms with E-state index >= 15 is 0 Å². The summed E-state index contributed by atoms with van der Waals surface area (Å²) in [7, 11) is 0. The van der Waals surface area contributed by atoms with Gasteiger partial charge in [-0.1, -0.05) is 48.3 Å². The quantitative estimate of drug-likeness (QED) is 0.834. The summed E-state index contributed by atoms with van der Waals surface area (Å²) >= 11 is 3.75. The average molecular weight is 296 g/mol. The molecule has 17 heavy (non-hydrogen) atoms. The molecule has 2 atom stereocenters. The lowest BCUT2D eigenvalue weighted by Crippen LogP contribution is -2.03. The Morgan fingerprint density at radius 2 is 2.24 bits per heavy atom. The number of nitrogens with one attached hydrogen (secondary N) is 1. The van der Waals surface area contributed by atoms with Gasteiger partial charge in [-0.2, -0.15) is 0 Å². The molecule has 0 bridgehead atoms. The molecule has 1 N–H and O–H groups in total. The standard InChI is InChI=1S/C14H18BrNO/c1-3-9(2)6-12(15)10-4-5-13-11(7-10)8-14(17)16-13/h4-5,7,9,12H,3,6,8H2,1-2H3,(H,16,17). The molecule has 92 valence electrons. The van der Waals surface area contributed by atoms with Gasteiger partial charge in [-0.05, 0) is 29.5 Å². The molecular formula is C14H18BrNO. The molecule has 0 aromatic heterocycles. The molecule has 0 saturated heterocycles. The molecule has 0 radical (unpaired) electrons. The van der Waals surface area contributed by atoms with Gasteiger partial charge in [0.25, 0.3) is 0 Å². The number of anilines is 1. The van der Waals surface area contributed by atoms with Crippen molar-refractivity contribution in [1.82, 2.24) is 0 Å². The Morgan fingerprint density at radius 3 is 2.94 bits per heavy atom. The van der Waals surface area contributed by atoms with Gasteiger partial charge in [0.2, 0.25) is 5.91 Å². The summed E-state index contributed by atoms with van der Waals surface area (Å²) in [6, 6.07) is 6.27. The van der Waals surface area contributed by atoms with Crippen LogP contribution in [0, 0.1) is 5.92 Å². The zero-order valence-electron chi connectivity index (χ0n) is 10.3. The molecule has 1 amide bonds. The highest BCUT2D eigenvalue weighted by molar-refractivity contribution is 9.09. The van der Waals surface area contributed by atoms with Crippen LogP contribution in [0.2, 0.25) is 0 Å². The Morgan fingerprint density at radius 1 is 1.47 bits per heavy atom. The summed E-state index contributed by atoms with van der Waals surface area (Å²) in [6.07, 6.45) is 2.86. The number of rotatable bonds is 4. The van der Waals surface area contributed by atoms with Gasteiger partial charge < -0.3 is 5.32 Å². The number of halogens is 1. The Bertz CT molecular complexity index is 430. The second-order valence-corrected chi connectivity index (χ2v) is 5.96. The fourth-order valence-electron chi connectivity index (χ4n) is 2.10. The van der Waals surface area contributed by atoms with E-state index < -0.39 is 0 Å². The molecule has 2 unspecified atom stereocenters. The predicted octanol–water partition coefficient (Wildman–Crippen LogP) is 4.05. The summed E-state index contributed by atoms with van der Waals surface area (Å²) in [5.74, 6) is 0.817. The second kappa shape index (κ2) is 5.21. The SMILES string of the molecule is CCC(C)CC(Br)c1ccc2c(c1)CC(=O)N2. The van der Waals surface area contributed by atoms with Crippen LogP contribution in [0.3, 0.4) is 0 Å². The van der Waals surface area contributed by atoms with Crippen LogP contribution in [-0.4, -0.2) is 5.91 Å². The number of hydrogen-bond donors (Lipinski definition) is 1. The van der Waals surface area contributed by atoms with E-state index in [0.29, 0.717) is 17.2 Å². The largest absolute Gasteiger partial charge is 0.326 e. The smallest absolute Gasteiger partial charge is 0.228 e. The zero-order valence-corrected chi connectivity index (χ0v) is 11.9. The molecule has 2 nitrogen and oxygen atoms in total. The average Bonchev–Trinajstić information content (AvgIpc) is 2.67. The lowest BCUT2D eigenvalue weighted by molar-refractivity contribution is -0.115. The van der Waals surface area contributed by atoms with E-state index in [1.807, 2.05) is 6.07 Å². The van der Waals surface area contributed by atoms with E-state index in [0.717, 1.165) is 17.7 Å². The number of hydrogen-bond acceptors (Lipinski definition) is 1. The van der Waals surface area contributed by atoms with Gasteiger partial charge in [0.05, 0.1) is 6.42 Å². The van der Waals surface area contributed by atoms with E-state index in [-0.39, 0.29) is 5.91 Å². The van der Waals surface area contributed by atoms with Gasteiger partial charge in [0.1, 0.15) is 0 Å². The topological polar surface area (TPSA) is 29.1 Å². The van der Waals surface area contributed by atoms with Gasteiger partial charge in [0, 0.05) is 10.5 Å². The van der Waals surface area contributed by atoms with E-state index in [9.17, 15) is 4.79 Å².